The Bertz CT molecular complexity index is 797. The number of anilines is 1. The van der Waals surface area contributed by atoms with E-state index in [4.69, 9.17) is 9.15 Å². The van der Waals surface area contributed by atoms with Crippen molar-refractivity contribution in [2.24, 2.45) is 0 Å². The average molecular weight is 310 g/mol. The molecule has 0 atom stereocenters. The zero-order valence-corrected chi connectivity index (χ0v) is 12.8. The first-order valence-corrected chi connectivity index (χ1v) is 7.49. The number of hydrogen-bond donors (Lipinski definition) is 2. The van der Waals surface area contributed by atoms with Crippen LogP contribution in [-0.4, -0.2) is 12.6 Å². The van der Waals surface area contributed by atoms with E-state index in [1.54, 1.807) is 12.3 Å². The minimum atomic E-state index is -0.283. The number of ether oxygens (including phenoxy) is 1. The number of benzene rings is 2. The van der Waals surface area contributed by atoms with E-state index >= 15 is 0 Å². The van der Waals surface area contributed by atoms with Crippen LogP contribution < -0.4 is 15.4 Å². The highest BCUT2D eigenvalue weighted by Crippen LogP contribution is 2.28. The van der Waals surface area contributed by atoms with E-state index < -0.39 is 0 Å². The van der Waals surface area contributed by atoms with E-state index in [1.165, 1.54) is 0 Å². The average Bonchev–Trinajstić information content (AvgIpc) is 3.07. The molecule has 2 N–H and O–H groups in total. The fourth-order valence-corrected chi connectivity index (χ4v) is 2.36. The van der Waals surface area contributed by atoms with Gasteiger partial charge in [0.05, 0.1) is 19.4 Å². The molecule has 0 unspecified atom stereocenters. The second-order valence-electron chi connectivity index (χ2n) is 5.01. The van der Waals surface area contributed by atoms with E-state index in [-0.39, 0.29) is 6.03 Å². The molecule has 0 bridgehead atoms. The maximum Gasteiger partial charge on any atom is 0.319 e. The van der Waals surface area contributed by atoms with Crippen LogP contribution in [0.25, 0.3) is 10.8 Å². The van der Waals surface area contributed by atoms with Crippen LogP contribution in [0.15, 0.2) is 59.2 Å². The third-order valence-electron chi connectivity index (χ3n) is 3.40. The van der Waals surface area contributed by atoms with Crippen molar-refractivity contribution in [3.8, 4) is 5.75 Å². The first kappa shape index (κ1) is 15.0. The van der Waals surface area contributed by atoms with Crippen molar-refractivity contribution >= 4 is 22.5 Å². The van der Waals surface area contributed by atoms with Crippen LogP contribution in [0.5, 0.6) is 5.75 Å². The predicted octanol–water partition coefficient (Wildman–Crippen LogP) is 4.15. The normalized spacial score (nSPS) is 10.5. The van der Waals surface area contributed by atoms with E-state index in [0.717, 1.165) is 16.5 Å². The lowest BCUT2D eigenvalue weighted by Crippen LogP contribution is -2.27. The monoisotopic (exact) mass is 310 g/mol. The quantitative estimate of drug-likeness (QED) is 0.744. The van der Waals surface area contributed by atoms with Gasteiger partial charge in [-0.2, -0.15) is 0 Å². The van der Waals surface area contributed by atoms with Crippen LogP contribution in [0, 0.1) is 0 Å². The van der Waals surface area contributed by atoms with Gasteiger partial charge in [0.15, 0.2) is 0 Å². The molecule has 118 valence electrons. The van der Waals surface area contributed by atoms with Crippen molar-refractivity contribution in [3.63, 3.8) is 0 Å². The van der Waals surface area contributed by atoms with Gasteiger partial charge in [-0.1, -0.05) is 18.2 Å². The Morgan fingerprint density at radius 2 is 2.09 bits per heavy atom. The standard InChI is InChI=1S/C18H18N2O3/c1-2-22-17-7-3-5-13-8-9-14(11-16(13)17)20-18(21)19-12-15-6-4-10-23-15/h3-11H,2,12H2,1H3,(H2,19,20,21). The largest absolute Gasteiger partial charge is 0.493 e. The van der Waals surface area contributed by atoms with Gasteiger partial charge in [-0.3, -0.25) is 0 Å². The molecule has 0 aliphatic rings. The van der Waals surface area contributed by atoms with Crippen LogP contribution in [0.4, 0.5) is 10.5 Å². The topological polar surface area (TPSA) is 63.5 Å². The predicted molar refractivity (Wildman–Crippen MR) is 89.7 cm³/mol. The number of rotatable bonds is 5. The first-order valence-electron chi connectivity index (χ1n) is 7.49. The van der Waals surface area contributed by atoms with Crippen molar-refractivity contribution in [2.75, 3.05) is 11.9 Å². The molecule has 23 heavy (non-hydrogen) atoms. The summed E-state index contributed by atoms with van der Waals surface area (Å²) in [5.74, 6) is 1.52. The van der Waals surface area contributed by atoms with Crippen LogP contribution in [0.2, 0.25) is 0 Å². The van der Waals surface area contributed by atoms with Gasteiger partial charge in [0, 0.05) is 11.1 Å². The summed E-state index contributed by atoms with van der Waals surface area (Å²) in [5, 5.41) is 7.60. The van der Waals surface area contributed by atoms with Crippen LogP contribution in [0.3, 0.4) is 0 Å². The zero-order valence-electron chi connectivity index (χ0n) is 12.8. The summed E-state index contributed by atoms with van der Waals surface area (Å²) in [7, 11) is 0. The highest BCUT2D eigenvalue weighted by atomic mass is 16.5. The highest BCUT2D eigenvalue weighted by molar-refractivity contribution is 5.95. The summed E-state index contributed by atoms with van der Waals surface area (Å²) in [6, 6.07) is 14.9. The van der Waals surface area contributed by atoms with Crippen LogP contribution in [-0.2, 0) is 6.54 Å². The molecular formula is C18H18N2O3. The Morgan fingerprint density at radius 1 is 1.17 bits per heavy atom. The lowest BCUT2D eigenvalue weighted by molar-refractivity contribution is 0.251. The Balaban J connectivity index is 1.72. The van der Waals surface area contributed by atoms with E-state index in [9.17, 15) is 4.79 Å². The molecule has 0 aliphatic heterocycles. The molecular weight excluding hydrogens is 292 g/mol. The van der Waals surface area contributed by atoms with Crippen molar-refractivity contribution in [2.45, 2.75) is 13.5 Å². The summed E-state index contributed by atoms with van der Waals surface area (Å²) >= 11 is 0. The maximum atomic E-state index is 12.0. The number of amides is 2. The minimum absolute atomic E-state index is 0.283. The number of nitrogens with one attached hydrogen (secondary N) is 2. The maximum absolute atomic E-state index is 12.0. The van der Waals surface area contributed by atoms with Crippen LogP contribution in [0.1, 0.15) is 12.7 Å². The van der Waals surface area contributed by atoms with Crippen LogP contribution >= 0.6 is 0 Å². The Morgan fingerprint density at radius 3 is 2.87 bits per heavy atom. The molecule has 0 radical (unpaired) electrons. The number of carbonyl (C=O) groups excluding carboxylic acids is 1. The summed E-state index contributed by atoms with van der Waals surface area (Å²) in [6.07, 6.45) is 1.58. The number of carbonyl (C=O) groups is 1. The fourth-order valence-electron chi connectivity index (χ4n) is 2.36. The Hall–Kier alpha value is -2.95. The van der Waals surface area contributed by atoms with Gasteiger partial charge in [-0.25, -0.2) is 4.79 Å². The molecule has 2 amide bonds. The zero-order chi connectivity index (χ0) is 16.1. The van der Waals surface area contributed by atoms with Gasteiger partial charge in [0.1, 0.15) is 11.5 Å². The van der Waals surface area contributed by atoms with Crippen molar-refractivity contribution in [1.82, 2.24) is 5.32 Å². The van der Waals surface area contributed by atoms with Gasteiger partial charge >= 0.3 is 6.03 Å². The van der Waals surface area contributed by atoms with Crippen molar-refractivity contribution < 1.29 is 13.9 Å². The molecule has 0 spiro atoms. The summed E-state index contributed by atoms with van der Waals surface area (Å²) in [4.78, 5) is 12.0. The summed E-state index contributed by atoms with van der Waals surface area (Å²) < 4.78 is 10.8. The number of urea groups is 1. The second kappa shape index (κ2) is 6.87. The molecule has 0 saturated carbocycles. The van der Waals surface area contributed by atoms with Crippen molar-refractivity contribution in [3.05, 3.63) is 60.6 Å². The molecule has 2 aromatic carbocycles. The molecule has 1 heterocycles. The molecule has 0 aliphatic carbocycles. The molecule has 1 aromatic heterocycles. The lowest BCUT2D eigenvalue weighted by Gasteiger charge is -2.10. The Kier molecular flexibility index (Phi) is 4.47. The lowest BCUT2D eigenvalue weighted by atomic mass is 10.1. The molecule has 5 heteroatoms. The summed E-state index contributed by atoms with van der Waals surface area (Å²) in [6.45, 7) is 2.89. The van der Waals surface area contributed by atoms with Gasteiger partial charge in [-0.05, 0) is 42.6 Å². The third kappa shape index (κ3) is 3.63. The fraction of sp³-hybridized carbons (Fsp3) is 0.167. The molecule has 0 fully saturated rings. The SMILES string of the molecule is CCOc1cccc2ccc(NC(=O)NCc3ccco3)cc12. The first-order chi connectivity index (χ1) is 11.3. The van der Waals surface area contributed by atoms with Gasteiger partial charge in [0.25, 0.3) is 0 Å². The number of hydrogen-bond acceptors (Lipinski definition) is 3. The molecule has 3 rings (SSSR count). The molecule has 5 nitrogen and oxygen atoms in total. The summed E-state index contributed by atoms with van der Waals surface area (Å²) in [5.41, 5.74) is 0.710. The van der Waals surface area contributed by atoms with E-state index in [1.807, 2.05) is 49.4 Å². The number of furan rings is 1. The van der Waals surface area contributed by atoms with Gasteiger partial charge in [0.2, 0.25) is 0 Å². The van der Waals surface area contributed by atoms with E-state index in [0.29, 0.717) is 24.6 Å². The van der Waals surface area contributed by atoms with Gasteiger partial charge < -0.3 is 19.8 Å². The number of fused-ring (bicyclic) bond motifs is 1. The van der Waals surface area contributed by atoms with E-state index in [2.05, 4.69) is 10.6 Å². The third-order valence-corrected chi connectivity index (χ3v) is 3.40. The highest BCUT2D eigenvalue weighted by Gasteiger charge is 2.06. The molecule has 3 aromatic rings. The minimum Gasteiger partial charge on any atom is -0.493 e. The van der Waals surface area contributed by atoms with Crippen molar-refractivity contribution in [1.29, 1.82) is 0 Å². The second-order valence-corrected chi connectivity index (χ2v) is 5.01. The molecule has 0 saturated heterocycles. The van der Waals surface area contributed by atoms with Gasteiger partial charge in [-0.15, -0.1) is 0 Å². The Labute approximate surface area is 134 Å². The smallest absolute Gasteiger partial charge is 0.319 e.